The molecule has 4 atom stereocenters. The van der Waals surface area contributed by atoms with Crippen molar-refractivity contribution in [2.24, 2.45) is 5.41 Å². The van der Waals surface area contributed by atoms with Crippen LogP contribution in [0.2, 0.25) is 0 Å². The fourth-order valence-corrected chi connectivity index (χ4v) is 4.24. The van der Waals surface area contributed by atoms with E-state index in [1.807, 2.05) is 10.6 Å². The largest absolute Gasteiger partial charge is 0.396 e. The van der Waals surface area contributed by atoms with Crippen LogP contribution in [0.15, 0.2) is 43.0 Å². The number of carbonyl (C=O) groups is 1. The number of amides is 1. The van der Waals surface area contributed by atoms with Gasteiger partial charge in [0, 0.05) is 11.0 Å². The lowest BCUT2D eigenvalue weighted by Crippen LogP contribution is -2.34. The first-order valence-corrected chi connectivity index (χ1v) is 9.07. The zero-order chi connectivity index (χ0) is 19.3. The molecule has 28 heavy (non-hydrogen) atoms. The number of hydrogen-bond donors (Lipinski definition) is 3. The van der Waals surface area contributed by atoms with Crippen LogP contribution in [0.4, 0.5) is 5.82 Å². The zero-order valence-electron chi connectivity index (χ0n) is 14.9. The molecule has 3 N–H and O–H groups in total. The molecule has 1 saturated heterocycles. The molecule has 0 spiro atoms. The van der Waals surface area contributed by atoms with Crippen molar-refractivity contribution >= 4 is 22.9 Å². The summed E-state index contributed by atoms with van der Waals surface area (Å²) in [6, 6.07) is 8.65. The topological polar surface area (TPSA) is 122 Å². The average Bonchev–Trinajstić information content (AvgIpc) is 3.39. The van der Waals surface area contributed by atoms with Gasteiger partial charge in [-0.05, 0) is 18.6 Å². The van der Waals surface area contributed by atoms with Crippen LogP contribution in [0.25, 0.3) is 11.2 Å². The Morgan fingerprint density at radius 1 is 1.29 bits per heavy atom. The fourth-order valence-electron chi connectivity index (χ4n) is 4.24. The number of imidazole rings is 1. The van der Waals surface area contributed by atoms with E-state index in [4.69, 9.17) is 4.74 Å². The number of fused-ring (bicyclic) bond motifs is 3. The molecular formula is C19H19N5O4. The number of aliphatic hydroxyl groups is 2. The number of hydrogen-bond acceptors (Lipinski definition) is 7. The number of aromatic nitrogens is 4. The van der Waals surface area contributed by atoms with Crippen molar-refractivity contribution in [2.45, 2.75) is 24.7 Å². The van der Waals surface area contributed by atoms with E-state index in [0.29, 0.717) is 35.6 Å². The number of aliphatic hydroxyl groups excluding tert-OH is 2. The minimum absolute atomic E-state index is 0.138. The second-order valence-electron chi connectivity index (χ2n) is 7.38. The number of nitrogens with zero attached hydrogens (tertiary/aromatic N) is 4. The molecule has 3 heterocycles. The highest BCUT2D eigenvalue weighted by atomic mass is 16.5. The van der Waals surface area contributed by atoms with Crippen LogP contribution >= 0.6 is 0 Å². The van der Waals surface area contributed by atoms with Crippen molar-refractivity contribution in [3.63, 3.8) is 0 Å². The quantitative estimate of drug-likeness (QED) is 0.610. The first-order valence-electron chi connectivity index (χ1n) is 9.07. The van der Waals surface area contributed by atoms with Crippen LogP contribution in [0, 0.1) is 5.41 Å². The Morgan fingerprint density at radius 3 is 2.86 bits per heavy atom. The van der Waals surface area contributed by atoms with Crippen molar-refractivity contribution in [1.82, 2.24) is 19.5 Å². The third-order valence-electron chi connectivity index (χ3n) is 5.80. The van der Waals surface area contributed by atoms with Crippen LogP contribution in [0.5, 0.6) is 0 Å². The third-order valence-corrected chi connectivity index (χ3v) is 5.80. The summed E-state index contributed by atoms with van der Waals surface area (Å²) >= 11 is 0. The minimum atomic E-state index is -0.737. The van der Waals surface area contributed by atoms with E-state index in [0.717, 1.165) is 0 Å². The van der Waals surface area contributed by atoms with E-state index in [2.05, 4.69) is 20.3 Å². The number of benzene rings is 1. The maximum atomic E-state index is 12.5. The molecule has 9 heteroatoms. The molecule has 3 aromatic rings. The Morgan fingerprint density at radius 2 is 2.11 bits per heavy atom. The molecule has 5 rings (SSSR count). The van der Waals surface area contributed by atoms with E-state index < -0.39 is 17.6 Å². The van der Waals surface area contributed by atoms with Gasteiger partial charge >= 0.3 is 0 Å². The van der Waals surface area contributed by atoms with Gasteiger partial charge in [-0.3, -0.25) is 4.79 Å². The number of rotatable bonds is 4. The SMILES string of the molecule is O=C(Nc1ncnc2c1ncn2[C@@H]1C[C@@]2(CO)CO[C@H]1C2O)c1ccccc1. The maximum absolute atomic E-state index is 12.5. The highest BCUT2D eigenvalue weighted by Gasteiger charge is 2.59. The fraction of sp³-hybridized carbons (Fsp3) is 0.368. The lowest BCUT2D eigenvalue weighted by Gasteiger charge is -2.28. The summed E-state index contributed by atoms with van der Waals surface area (Å²) in [4.78, 5) is 25.3. The van der Waals surface area contributed by atoms with Crippen molar-refractivity contribution < 1.29 is 19.7 Å². The van der Waals surface area contributed by atoms with Gasteiger partial charge in [-0.1, -0.05) is 18.2 Å². The first-order chi connectivity index (χ1) is 13.6. The standard InChI is InChI=1S/C19H19N5O4/c25-7-19-6-12(14(15(19)26)28-8-19)24-10-22-13-16(20-9-21-17(13)24)23-18(27)11-4-2-1-3-5-11/h1-5,9-10,12,14-15,25-26H,6-8H2,(H,20,21,23,27)/t12-,14-,15?,19-/m1/s1. The molecule has 1 amide bonds. The van der Waals surface area contributed by atoms with E-state index in [1.54, 1.807) is 30.6 Å². The van der Waals surface area contributed by atoms with Gasteiger partial charge in [-0.25, -0.2) is 15.0 Å². The maximum Gasteiger partial charge on any atom is 0.256 e. The predicted molar refractivity (Wildman–Crippen MR) is 98.6 cm³/mol. The summed E-state index contributed by atoms with van der Waals surface area (Å²) in [6.45, 7) is 0.201. The number of ether oxygens (including phenoxy) is 1. The minimum Gasteiger partial charge on any atom is -0.396 e. The molecule has 2 aliphatic rings. The van der Waals surface area contributed by atoms with Crippen LogP contribution in [0.3, 0.4) is 0 Å². The molecule has 2 bridgehead atoms. The van der Waals surface area contributed by atoms with Crippen molar-refractivity contribution in [1.29, 1.82) is 0 Å². The van der Waals surface area contributed by atoms with E-state index >= 15 is 0 Å². The van der Waals surface area contributed by atoms with Crippen LogP contribution in [-0.4, -0.2) is 61.1 Å². The Labute approximate surface area is 160 Å². The third kappa shape index (κ3) is 2.44. The molecule has 144 valence electrons. The van der Waals surface area contributed by atoms with Crippen LogP contribution < -0.4 is 5.32 Å². The summed E-state index contributed by atoms with van der Waals surface area (Å²) in [6.07, 6.45) is 2.38. The summed E-state index contributed by atoms with van der Waals surface area (Å²) < 4.78 is 7.56. The van der Waals surface area contributed by atoms with Gasteiger partial charge in [0.1, 0.15) is 12.4 Å². The molecule has 1 aliphatic heterocycles. The van der Waals surface area contributed by atoms with Gasteiger partial charge in [-0.15, -0.1) is 0 Å². The van der Waals surface area contributed by atoms with Gasteiger partial charge in [-0.2, -0.15) is 0 Å². The van der Waals surface area contributed by atoms with Crippen molar-refractivity contribution in [3.05, 3.63) is 48.5 Å². The lowest BCUT2D eigenvalue weighted by molar-refractivity contribution is -0.00163. The first kappa shape index (κ1) is 17.2. The van der Waals surface area contributed by atoms with Crippen LogP contribution in [0.1, 0.15) is 22.8 Å². The summed E-state index contributed by atoms with van der Waals surface area (Å²) in [7, 11) is 0. The highest BCUT2D eigenvalue weighted by molar-refractivity contribution is 6.06. The second kappa shape index (κ2) is 6.33. The van der Waals surface area contributed by atoms with E-state index in [-0.39, 0.29) is 18.6 Å². The van der Waals surface area contributed by atoms with E-state index in [1.165, 1.54) is 6.33 Å². The predicted octanol–water partition coefficient (Wildman–Crippen LogP) is 0.762. The van der Waals surface area contributed by atoms with Gasteiger partial charge in [0.2, 0.25) is 0 Å². The van der Waals surface area contributed by atoms with Crippen LogP contribution in [-0.2, 0) is 4.74 Å². The Hall–Kier alpha value is -2.88. The second-order valence-corrected chi connectivity index (χ2v) is 7.38. The molecule has 1 aromatic carbocycles. The summed E-state index contributed by atoms with van der Waals surface area (Å²) in [5, 5.41) is 23.0. The van der Waals surface area contributed by atoms with Gasteiger partial charge in [0.15, 0.2) is 17.0 Å². The van der Waals surface area contributed by atoms with Gasteiger partial charge < -0.3 is 24.8 Å². The number of nitrogens with one attached hydrogen (secondary N) is 1. The molecule has 1 aliphatic carbocycles. The number of anilines is 1. The molecule has 2 fully saturated rings. The summed E-state index contributed by atoms with van der Waals surface area (Å²) in [5.41, 5.74) is 0.869. The highest BCUT2D eigenvalue weighted by Crippen LogP contribution is 2.51. The molecule has 2 aromatic heterocycles. The Kier molecular flexibility index (Phi) is 3.90. The van der Waals surface area contributed by atoms with Gasteiger partial charge in [0.25, 0.3) is 5.91 Å². The van der Waals surface area contributed by atoms with Crippen molar-refractivity contribution in [3.8, 4) is 0 Å². The average molecular weight is 381 g/mol. The monoisotopic (exact) mass is 381 g/mol. The molecule has 1 unspecified atom stereocenters. The Bertz CT molecular complexity index is 1040. The van der Waals surface area contributed by atoms with Gasteiger partial charge in [0.05, 0.1) is 31.7 Å². The lowest BCUT2D eigenvalue weighted by atomic mass is 9.87. The molecule has 0 radical (unpaired) electrons. The molecular weight excluding hydrogens is 362 g/mol. The van der Waals surface area contributed by atoms with Crippen molar-refractivity contribution in [2.75, 3.05) is 18.5 Å². The zero-order valence-corrected chi connectivity index (χ0v) is 14.9. The smallest absolute Gasteiger partial charge is 0.256 e. The Balaban J connectivity index is 1.48. The van der Waals surface area contributed by atoms with E-state index in [9.17, 15) is 15.0 Å². The summed E-state index contributed by atoms with van der Waals surface area (Å²) in [5.74, 6) is 0.0344. The molecule has 9 nitrogen and oxygen atoms in total. The number of carbonyl (C=O) groups excluding carboxylic acids is 1. The normalized spacial score (nSPS) is 28.7. The molecule has 1 saturated carbocycles.